The molecule has 0 aromatic heterocycles. The SMILES string of the molecule is CC1(C)C(CN=C(N)NC2CCCC2)C1(C)C. The third-order valence-electron chi connectivity index (χ3n) is 5.47. The highest BCUT2D eigenvalue weighted by atomic mass is 15.1. The van der Waals surface area contributed by atoms with E-state index in [1.807, 2.05) is 0 Å². The molecule has 98 valence electrons. The molecule has 3 nitrogen and oxygen atoms in total. The Hall–Kier alpha value is -0.730. The molecule has 2 rings (SSSR count). The van der Waals surface area contributed by atoms with Gasteiger partial charge in [-0.3, -0.25) is 4.99 Å². The van der Waals surface area contributed by atoms with Gasteiger partial charge in [-0.15, -0.1) is 0 Å². The normalized spacial score (nSPS) is 28.4. The van der Waals surface area contributed by atoms with Crippen LogP contribution in [0.25, 0.3) is 0 Å². The molecular weight excluding hydrogens is 210 g/mol. The molecule has 0 heterocycles. The van der Waals surface area contributed by atoms with E-state index in [1.54, 1.807) is 0 Å². The molecule has 0 unspecified atom stereocenters. The Morgan fingerprint density at radius 3 is 2.18 bits per heavy atom. The smallest absolute Gasteiger partial charge is 0.188 e. The minimum absolute atomic E-state index is 0.407. The molecule has 0 saturated heterocycles. The van der Waals surface area contributed by atoms with Crippen molar-refractivity contribution in [1.82, 2.24) is 5.32 Å². The Bertz CT molecular complexity index is 297. The zero-order valence-corrected chi connectivity index (χ0v) is 11.7. The van der Waals surface area contributed by atoms with Crippen molar-refractivity contribution < 1.29 is 0 Å². The Labute approximate surface area is 105 Å². The van der Waals surface area contributed by atoms with E-state index in [0.29, 0.717) is 28.7 Å². The van der Waals surface area contributed by atoms with Gasteiger partial charge in [0.25, 0.3) is 0 Å². The minimum atomic E-state index is 0.407. The maximum atomic E-state index is 5.95. The van der Waals surface area contributed by atoms with Gasteiger partial charge >= 0.3 is 0 Å². The topological polar surface area (TPSA) is 50.4 Å². The maximum Gasteiger partial charge on any atom is 0.188 e. The highest BCUT2D eigenvalue weighted by Gasteiger charge is 2.64. The van der Waals surface area contributed by atoms with Crippen LogP contribution >= 0.6 is 0 Å². The molecule has 0 amide bonds. The van der Waals surface area contributed by atoms with E-state index in [9.17, 15) is 0 Å². The van der Waals surface area contributed by atoms with Crippen LogP contribution in [0.1, 0.15) is 53.4 Å². The summed E-state index contributed by atoms with van der Waals surface area (Å²) in [6.07, 6.45) is 5.15. The van der Waals surface area contributed by atoms with Crippen LogP contribution in [0.15, 0.2) is 4.99 Å². The summed E-state index contributed by atoms with van der Waals surface area (Å²) in [5.41, 5.74) is 6.76. The fourth-order valence-corrected chi connectivity index (χ4v) is 3.30. The molecule has 2 fully saturated rings. The van der Waals surface area contributed by atoms with Gasteiger partial charge in [0.05, 0.1) is 0 Å². The molecule has 0 radical (unpaired) electrons. The van der Waals surface area contributed by atoms with Crippen molar-refractivity contribution in [1.29, 1.82) is 0 Å². The average molecular weight is 237 g/mol. The van der Waals surface area contributed by atoms with E-state index in [-0.39, 0.29) is 0 Å². The lowest BCUT2D eigenvalue weighted by molar-refractivity contribution is 0.457. The number of nitrogens with one attached hydrogen (secondary N) is 1. The van der Waals surface area contributed by atoms with Crippen molar-refractivity contribution in [3.63, 3.8) is 0 Å². The predicted molar refractivity (Wildman–Crippen MR) is 72.9 cm³/mol. The molecule has 0 aliphatic heterocycles. The second kappa shape index (κ2) is 4.18. The first-order valence-electron chi connectivity index (χ1n) is 6.92. The van der Waals surface area contributed by atoms with Crippen molar-refractivity contribution in [2.75, 3.05) is 6.54 Å². The number of rotatable bonds is 3. The van der Waals surface area contributed by atoms with E-state index < -0.39 is 0 Å². The lowest BCUT2D eigenvalue weighted by Crippen LogP contribution is -2.38. The van der Waals surface area contributed by atoms with Crippen LogP contribution in [0.2, 0.25) is 0 Å². The summed E-state index contributed by atoms with van der Waals surface area (Å²) < 4.78 is 0. The first-order chi connectivity index (χ1) is 7.85. The highest BCUT2D eigenvalue weighted by Crippen LogP contribution is 2.68. The number of nitrogens with zero attached hydrogens (tertiary/aromatic N) is 1. The summed E-state index contributed by atoms with van der Waals surface area (Å²) in [6.45, 7) is 10.2. The number of nitrogens with two attached hydrogens (primary N) is 1. The highest BCUT2D eigenvalue weighted by molar-refractivity contribution is 5.78. The molecule has 3 heteroatoms. The Morgan fingerprint density at radius 2 is 1.71 bits per heavy atom. The van der Waals surface area contributed by atoms with Crippen LogP contribution in [0.4, 0.5) is 0 Å². The van der Waals surface area contributed by atoms with Gasteiger partial charge in [0.2, 0.25) is 0 Å². The molecule has 2 aliphatic rings. The van der Waals surface area contributed by atoms with Crippen LogP contribution in [0.3, 0.4) is 0 Å². The molecule has 2 saturated carbocycles. The molecule has 0 aromatic carbocycles. The molecule has 3 N–H and O–H groups in total. The first-order valence-corrected chi connectivity index (χ1v) is 6.92. The van der Waals surface area contributed by atoms with Gasteiger partial charge in [0.15, 0.2) is 5.96 Å². The summed E-state index contributed by atoms with van der Waals surface area (Å²) >= 11 is 0. The van der Waals surface area contributed by atoms with Crippen LogP contribution in [0.5, 0.6) is 0 Å². The van der Waals surface area contributed by atoms with E-state index in [2.05, 4.69) is 38.0 Å². The van der Waals surface area contributed by atoms with Crippen molar-refractivity contribution in [3.05, 3.63) is 0 Å². The van der Waals surface area contributed by atoms with Gasteiger partial charge in [-0.05, 0) is 29.6 Å². The quantitative estimate of drug-likeness (QED) is 0.585. The number of hydrogen-bond acceptors (Lipinski definition) is 1. The number of hydrogen-bond donors (Lipinski definition) is 2. The number of aliphatic imine (C=N–C) groups is 1. The molecule has 0 bridgehead atoms. The third-order valence-corrected chi connectivity index (χ3v) is 5.47. The Balaban J connectivity index is 1.81. The summed E-state index contributed by atoms with van der Waals surface area (Å²) in [5, 5.41) is 3.34. The lowest BCUT2D eigenvalue weighted by Gasteiger charge is -2.12. The van der Waals surface area contributed by atoms with Gasteiger partial charge in [0.1, 0.15) is 0 Å². The molecule has 0 aromatic rings. The second-order valence-electron chi connectivity index (χ2n) is 6.85. The molecule has 0 spiro atoms. The monoisotopic (exact) mass is 237 g/mol. The Morgan fingerprint density at radius 1 is 1.18 bits per heavy atom. The van der Waals surface area contributed by atoms with Crippen LogP contribution in [0, 0.1) is 16.7 Å². The van der Waals surface area contributed by atoms with Gasteiger partial charge in [0, 0.05) is 12.6 Å². The molecular formula is C14H27N3. The number of guanidine groups is 1. The van der Waals surface area contributed by atoms with Crippen molar-refractivity contribution in [3.8, 4) is 0 Å². The predicted octanol–water partition coefficient (Wildman–Crippen LogP) is 2.52. The molecule has 17 heavy (non-hydrogen) atoms. The van der Waals surface area contributed by atoms with E-state index in [1.165, 1.54) is 25.7 Å². The van der Waals surface area contributed by atoms with Crippen LogP contribution in [-0.4, -0.2) is 18.5 Å². The van der Waals surface area contributed by atoms with Gasteiger partial charge < -0.3 is 11.1 Å². The van der Waals surface area contributed by atoms with E-state index in [4.69, 9.17) is 5.73 Å². The summed E-state index contributed by atoms with van der Waals surface area (Å²) in [4.78, 5) is 4.52. The average Bonchev–Trinajstić information content (AvgIpc) is 2.61. The van der Waals surface area contributed by atoms with Crippen LogP contribution < -0.4 is 11.1 Å². The summed E-state index contributed by atoms with van der Waals surface area (Å²) in [6, 6.07) is 0.568. The largest absolute Gasteiger partial charge is 0.370 e. The summed E-state index contributed by atoms with van der Waals surface area (Å²) in [7, 11) is 0. The van der Waals surface area contributed by atoms with Gasteiger partial charge in [-0.2, -0.15) is 0 Å². The second-order valence-corrected chi connectivity index (χ2v) is 6.85. The third kappa shape index (κ3) is 2.29. The fourth-order valence-electron chi connectivity index (χ4n) is 3.30. The molecule has 0 atom stereocenters. The maximum absolute atomic E-state index is 5.95. The van der Waals surface area contributed by atoms with Crippen molar-refractivity contribution in [2.45, 2.75) is 59.4 Å². The minimum Gasteiger partial charge on any atom is -0.370 e. The van der Waals surface area contributed by atoms with Crippen molar-refractivity contribution >= 4 is 5.96 Å². The fraction of sp³-hybridized carbons (Fsp3) is 0.929. The standard InChI is InChI=1S/C14H27N3/c1-13(2)11(14(13,3)4)9-16-12(15)17-10-7-5-6-8-10/h10-11H,5-9H2,1-4H3,(H3,15,16,17). The molecule has 2 aliphatic carbocycles. The van der Waals surface area contributed by atoms with E-state index >= 15 is 0 Å². The van der Waals surface area contributed by atoms with Crippen LogP contribution in [-0.2, 0) is 0 Å². The van der Waals surface area contributed by atoms with Gasteiger partial charge in [-0.1, -0.05) is 40.5 Å². The van der Waals surface area contributed by atoms with Crippen molar-refractivity contribution in [2.24, 2.45) is 27.5 Å². The first kappa shape index (κ1) is 12.7. The summed E-state index contributed by atoms with van der Waals surface area (Å²) in [5.74, 6) is 1.31. The van der Waals surface area contributed by atoms with E-state index in [0.717, 1.165) is 6.54 Å². The Kier molecular flexibility index (Phi) is 3.13. The van der Waals surface area contributed by atoms with Gasteiger partial charge in [-0.25, -0.2) is 0 Å². The lowest BCUT2D eigenvalue weighted by atomic mass is 10.0. The zero-order valence-electron chi connectivity index (χ0n) is 11.7. The zero-order chi connectivity index (χ0) is 12.7.